The van der Waals surface area contributed by atoms with Gasteiger partial charge in [-0.25, -0.2) is 8.42 Å². The number of benzene rings is 1. The van der Waals surface area contributed by atoms with Crippen LogP contribution in [0.4, 0.5) is 0 Å². The quantitative estimate of drug-likeness (QED) is 0.742. The van der Waals surface area contributed by atoms with Gasteiger partial charge < -0.3 is 0 Å². The van der Waals surface area contributed by atoms with Crippen LogP contribution in [0.2, 0.25) is 0 Å². The van der Waals surface area contributed by atoms with Gasteiger partial charge in [-0.05, 0) is 19.4 Å². The number of hydrogen-bond donors (Lipinski definition) is 1. The largest absolute Gasteiger partial charge is 0.293 e. The van der Waals surface area contributed by atoms with Crippen LogP contribution in [0.25, 0.3) is 0 Å². The molecule has 0 aliphatic rings. The third-order valence-electron chi connectivity index (χ3n) is 2.91. The predicted octanol–water partition coefficient (Wildman–Crippen LogP) is 2.18. The molecule has 0 saturated carbocycles. The Morgan fingerprint density at radius 1 is 1.33 bits per heavy atom. The lowest BCUT2D eigenvalue weighted by Crippen LogP contribution is -2.47. The van der Waals surface area contributed by atoms with Crippen molar-refractivity contribution >= 4 is 21.6 Å². The average molecular weight is 326 g/mol. The lowest BCUT2D eigenvalue weighted by Gasteiger charge is -2.30. The van der Waals surface area contributed by atoms with E-state index in [9.17, 15) is 13.7 Å². The van der Waals surface area contributed by atoms with E-state index in [1.54, 1.807) is 0 Å². The van der Waals surface area contributed by atoms with Crippen molar-refractivity contribution in [1.82, 2.24) is 5.32 Å². The molecule has 21 heavy (non-hydrogen) atoms. The lowest BCUT2D eigenvalue weighted by atomic mass is 9.92. The number of thioether (sulfide) groups is 1. The molecule has 0 aromatic heterocycles. The van der Waals surface area contributed by atoms with Gasteiger partial charge in [-0.3, -0.25) is 5.32 Å². The van der Waals surface area contributed by atoms with E-state index in [1.807, 2.05) is 44.2 Å². The van der Waals surface area contributed by atoms with Crippen LogP contribution in [0.5, 0.6) is 0 Å². The van der Waals surface area contributed by atoms with Crippen LogP contribution >= 0.6 is 11.8 Å². The van der Waals surface area contributed by atoms with E-state index in [1.165, 1.54) is 18.0 Å². The van der Waals surface area contributed by atoms with Crippen molar-refractivity contribution < 1.29 is 8.42 Å². The molecule has 116 valence electrons. The maximum Gasteiger partial charge on any atom is 0.148 e. The summed E-state index contributed by atoms with van der Waals surface area (Å²) in [4.78, 5) is 0. The summed E-state index contributed by atoms with van der Waals surface area (Å²) in [6.07, 6.45) is 1.23. The van der Waals surface area contributed by atoms with E-state index >= 15 is 0 Å². The van der Waals surface area contributed by atoms with E-state index in [4.69, 9.17) is 0 Å². The molecule has 1 aromatic carbocycles. The van der Waals surface area contributed by atoms with Gasteiger partial charge in [0.2, 0.25) is 0 Å². The van der Waals surface area contributed by atoms with Gasteiger partial charge in [0.05, 0.1) is 11.8 Å². The van der Waals surface area contributed by atoms with Crippen LogP contribution in [0.15, 0.2) is 30.3 Å². The topological polar surface area (TPSA) is 70.0 Å². The van der Waals surface area contributed by atoms with Crippen LogP contribution in [0, 0.1) is 11.3 Å². The van der Waals surface area contributed by atoms with Crippen molar-refractivity contribution in [3.63, 3.8) is 0 Å². The zero-order valence-corrected chi connectivity index (χ0v) is 14.3. The van der Waals surface area contributed by atoms with Crippen LogP contribution in [-0.2, 0) is 15.4 Å². The SMILES string of the molecule is CC(C)NC(C#N)(CSCCS(C)(=O)=O)c1ccccc1. The monoisotopic (exact) mass is 326 g/mol. The molecule has 0 bridgehead atoms. The van der Waals surface area contributed by atoms with Gasteiger partial charge in [-0.2, -0.15) is 17.0 Å². The third-order valence-corrected chi connectivity index (χ3v) is 5.24. The van der Waals surface area contributed by atoms with Gasteiger partial charge >= 0.3 is 0 Å². The maximum absolute atomic E-state index is 11.2. The number of nitriles is 1. The summed E-state index contributed by atoms with van der Waals surface area (Å²) in [6.45, 7) is 3.99. The molecule has 0 spiro atoms. The van der Waals surface area contributed by atoms with Gasteiger partial charge in [-0.15, -0.1) is 0 Å². The van der Waals surface area contributed by atoms with Gasteiger partial charge in [-0.1, -0.05) is 30.3 Å². The molecule has 1 unspecified atom stereocenters. The lowest BCUT2D eigenvalue weighted by molar-refractivity contribution is 0.425. The Morgan fingerprint density at radius 2 is 1.95 bits per heavy atom. The highest BCUT2D eigenvalue weighted by Gasteiger charge is 2.32. The fourth-order valence-corrected chi connectivity index (χ4v) is 4.44. The Kier molecular flexibility index (Phi) is 6.72. The second-order valence-electron chi connectivity index (χ2n) is 5.36. The highest BCUT2D eigenvalue weighted by molar-refractivity contribution is 8.00. The van der Waals surface area contributed by atoms with Crippen molar-refractivity contribution in [2.45, 2.75) is 25.4 Å². The molecular formula is C15H22N2O2S2. The molecule has 1 atom stereocenters. The number of nitrogens with zero attached hydrogens (tertiary/aromatic N) is 1. The van der Waals surface area contributed by atoms with Crippen LogP contribution < -0.4 is 5.32 Å². The minimum atomic E-state index is -2.96. The molecule has 6 heteroatoms. The summed E-state index contributed by atoms with van der Waals surface area (Å²) in [5, 5.41) is 13.0. The molecule has 1 rings (SSSR count). The van der Waals surface area contributed by atoms with Crippen molar-refractivity contribution in [2.24, 2.45) is 0 Å². The molecule has 0 aliphatic heterocycles. The molecule has 1 aromatic rings. The Morgan fingerprint density at radius 3 is 2.43 bits per heavy atom. The molecule has 0 amide bonds. The molecule has 0 saturated heterocycles. The Hall–Kier alpha value is -1.03. The second-order valence-corrected chi connectivity index (χ2v) is 8.73. The third kappa shape index (κ3) is 6.08. The Labute approximate surface area is 131 Å². The zero-order valence-electron chi connectivity index (χ0n) is 12.7. The molecule has 0 aliphatic carbocycles. The maximum atomic E-state index is 11.2. The first-order chi connectivity index (χ1) is 9.79. The molecule has 0 heterocycles. The summed E-state index contributed by atoms with van der Waals surface area (Å²) in [5.74, 6) is 1.14. The van der Waals surface area contributed by atoms with Crippen LogP contribution in [-0.4, -0.2) is 38.0 Å². The number of sulfone groups is 1. The first-order valence-electron chi connectivity index (χ1n) is 6.79. The van der Waals surface area contributed by atoms with E-state index in [0.717, 1.165) is 5.56 Å². The summed E-state index contributed by atoms with van der Waals surface area (Å²) >= 11 is 1.48. The summed E-state index contributed by atoms with van der Waals surface area (Å²) in [6, 6.07) is 12.1. The normalized spacial score (nSPS) is 14.6. The standard InChI is InChI=1S/C15H22N2O2S2/c1-13(2)17-15(11-16,14-7-5-4-6-8-14)12-20-9-10-21(3,18)19/h4-8,13,17H,9-10,12H2,1-3H3. The van der Waals surface area contributed by atoms with E-state index in [0.29, 0.717) is 11.5 Å². The fraction of sp³-hybridized carbons (Fsp3) is 0.533. The second kappa shape index (κ2) is 7.83. The van der Waals surface area contributed by atoms with E-state index in [2.05, 4.69) is 11.4 Å². The van der Waals surface area contributed by atoms with Gasteiger partial charge in [0.25, 0.3) is 0 Å². The van der Waals surface area contributed by atoms with Crippen LogP contribution in [0.3, 0.4) is 0 Å². The minimum Gasteiger partial charge on any atom is -0.293 e. The Balaban J connectivity index is 2.85. The Bertz CT molecular complexity index is 579. The van der Waals surface area contributed by atoms with Gasteiger partial charge in [0, 0.05) is 23.8 Å². The first kappa shape index (κ1) is 18.0. The highest BCUT2D eigenvalue weighted by atomic mass is 32.2. The molecule has 0 fully saturated rings. The van der Waals surface area contributed by atoms with Crippen molar-refractivity contribution in [3.8, 4) is 6.07 Å². The summed E-state index contributed by atoms with van der Waals surface area (Å²) < 4.78 is 22.4. The smallest absolute Gasteiger partial charge is 0.148 e. The summed E-state index contributed by atoms with van der Waals surface area (Å²) in [7, 11) is -2.96. The number of nitrogens with one attached hydrogen (secondary N) is 1. The highest BCUT2D eigenvalue weighted by Crippen LogP contribution is 2.26. The average Bonchev–Trinajstić information content (AvgIpc) is 2.42. The van der Waals surface area contributed by atoms with Crippen LogP contribution in [0.1, 0.15) is 19.4 Å². The molecule has 4 nitrogen and oxygen atoms in total. The van der Waals surface area contributed by atoms with Crippen molar-refractivity contribution in [1.29, 1.82) is 5.26 Å². The number of rotatable bonds is 8. The predicted molar refractivity (Wildman–Crippen MR) is 89.0 cm³/mol. The molecule has 0 radical (unpaired) electrons. The molecular weight excluding hydrogens is 304 g/mol. The van der Waals surface area contributed by atoms with E-state index in [-0.39, 0.29) is 11.8 Å². The van der Waals surface area contributed by atoms with Gasteiger partial charge in [0.15, 0.2) is 0 Å². The van der Waals surface area contributed by atoms with E-state index < -0.39 is 15.4 Å². The van der Waals surface area contributed by atoms with Gasteiger partial charge in [0.1, 0.15) is 15.4 Å². The molecule has 1 N–H and O–H groups in total. The van der Waals surface area contributed by atoms with Crippen molar-refractivity contribution in [3.05, 3.63) is 35.9 Å². The fourth-order valence-electron chi connectivity index (χ4n) is 1.99. The minimum absolute atomic E-state index is 0.135. The zero-order chi connectivity index (χ0) is 15.9. The van der Waals surface area contributed by atoms with Crippen molar-refractivity contribution in [2.75, 3.05) is 23.5 Å². The summed E-state index contributed by atoms with van der Waals surface area (Å²) in [5.41, 5.74) is 0.116. The first-order valence-corrected chi connectivity index (χ1v) is 10.0. The number of hydrogen-bond acceptors (Lipinski definition) is 5.